The number of sulfone groups is 1. The highest BCUT2D eigenvalue weighted by atomic mass is 79.9. The molecule has 0 spiro atoms. The SMILES string of the molecule is CCCCC(C(=O)O)S(=O)(=O)c1ccccc1Br. The topological polar surface area (TPSA) is 71.4 Å². The van der Waals surface area contributed by atoms with Gasteiger partial charge in [0.05, 0.1) is 4.90 Å². The molecule has 0 saturated heterocycles. The summed E-state index contributed by atoms with van der Waals surface area (Å²) in [6.07, 6.45) is 1.46. The summed E-state index contributed by atoms with van der Waals surface area (Å²) in [5, 5.41) is 7.71. The largest absolute Gasteiger partial charge is 0.480 e. The Morgan fingerprint density at radius 2 is 2.00 bits per heavy atom. The Morgan fingerprint density at radius 1 is 1.39 bits per heavy atom. The molecule has 1 atom stereocenters. The van der Waals surface area contributed by atoms with Crippen molar-refractivity contribution in [2.45, 2.75) is 36.3 Å². The minimum atomic E-state index is -3.85. The maximum atomic E-state index is 12.3. The number of hydrogen-bond donors (Lipinski definition) is 1. The Hall–Kier alpha value is -0.880. The second kappa shape index (κ2) is 6.33. The van der Waals surface area contributed by atoms with Crippen molar-refractivity contribution in [3.05, 3.63) is 28.7 Å². The summed E-state index contributed by atoms with van der Waals surface area (Å²) in [5.41, 5.74) is 0. The average molecular weight is 335 g/mol. The second-order valence-electron chi connectivity index (χ2n) is 3.94. The fraction of sp³-hybridized carbons (Fsp3) is 0.417. The van der Waals surface area contributed by atoms with Gasteiger partial charge in [-0.05, 0) is 34.5 Å². The number of carboxylic acid groups (broad SMARTS) is 1. The first-order valence-corrected chi connectivity index (χ1v) is 7.96. The molecule has 100 valence electrons. The van der Waals surface area contributed by atoms with Crippen LogP contribution in [0.5, 0.6) is 0 Å². The van der Waals surface area contributed by atoms with Gasteiger partial charge in [-0.3, -0.25) is 4.79 Å². The van der Waals surface area contributed by atoms with E-state index in [2.05, 4.69) is 15.9 Å². The maximum Gasteiger partial charge on any atom is 0.322 e. The first kappa shape index (κ1) is 15.2. The van der Waals surface area contributed by atoms with E-state index in [0.717, 1.165) is 6.42 Å². The number of carbonyl (C=O) groups is 1. The van der Waals surface area contributed by atoms with Crippen molar-refractivity contribution in [1.82, 2.24) is 0 Å². The van der Waals surface area contributed by atoms with Gasteiger partial charge in [-0.25, -0.2) is 8.42 Å². The van der Waals surface area contributed by atoms with Gasteiger partial charge in [-0.2, -0.15) is 0 Å². The lowest BCUT2D eigenvalue weighted by Crippen LogP contribution is -2.30. The van der Waals surface area contributed by atoms with Gasteiger partial charge in [-0.15, -0.1) is 0 Å². The molecule has 0 amide bonds. The molecule has 0 aromatic heterocycles. The number of carboxylic acids is 1. The molecule has 0 bridgehead atoms. The van der Waals surface area contributed by atoms with E-state index in [-0.39, 0.29) is 11.3 Å². The predicted molar refractivity (Wildman–Crippen MR) is 72.3 cm³/mol. The van der Waals surface area contributed by atoms with E-state index in [9.17, 15) is 13.2 Å². The molecule has 1 N–H and O–H groups in total. The van der Waals surface area contributed by atoms with Crippen LogP contribution in [0.25, 0.3) is 0 Å². The second-order valence-corrected chi connectivity index (χ2v) is 6.90. The first-order valence-electron chi connectivity index (χ1n) is 5.62. The van der Waals surface area contributed by atoms with Crippen molar-refractivity contribution in [3.63, 3.8) is 0 Å². The van der Waals surface area contributed by atoms with Crippen LogP contribution in [-0.4, -0.2) is 24.7 Å². The lowest BCUT2D eigenvalue weighted by molar-refractivity contribution is -0.136. The molecule has 0 fully saturated rings. The summed E-state index contributed by atoms with van der Waals surface area (Å²) in [7, 11) is -3.85. The van der Waals surface area contributed by atoms with Gasteiger partial charge in [0.15, 0.2) is 15.1 Å². The Bertz CT molecular complexity index is 525. The van der Waals surface area contributed by atoms with Crippen LogP contribution in [0.4, 0.5) is 0 Å². The molecule has 0 heterocycles. The van der Waals surface area contributed by atoms with Crippen LogP contribution >= 0.6 is 15.9 Å². The van der Waals surface area contributed by atoms with Crippen LogP contribution in [0.1, 0.15) is 26.2 Å². The summed E-state index contributed by atoms with van der Waals surface area (Å²) in [6, 6.07) is 6.27. The molecule has 6 heteroatoms. The Morgan fingerprint density at radius 3 is 2.50 bits per heavy atom. The molecule has 1 rings (SSSR count). The maximum absolute atomic E-state index is 12.3. The highest BCUT2D eigenvalue weighted by molar-refractivity contribution is 9.10. The summed E-state index contributed by atoms with van der Waals surface area (Å²) in [6.45, 7) is 1.89. The molecule has 0 aliphatic rings. The third kappa shape index (κ3) is 3.32. The van der Waals surface area contributed by atoms with Crippen LogP contribution in [0.15, 0.2) is 33.6 Å². The molecule has 1 unspecified atom stereocenters. The number of rotatable bonds is 6. The smallest absolute Gasteiger partial charge is 0.322 e. The Balaban J connectivity index is 3.18. The van der Waals surface area contributed by atoms with E-state index in [1.54, 1.807) is 18.2 Å². The zero-order valence-electron chi connectivity index (χ0n) is 9.97. The van der Waals surface area contributed by atoms with Crippen molar-refractivity contribution in [2.24, 2.45) is 0 Å². The highest BCUT2D eigenvalue weighted by Crippen LogP contribution is 2.27. The van der Waals surface area contributed by atoms with E-state index in [1.807, 2.05) is 6.92 Å². The number of benzene rings is 1. The van der Waals surface area contributed by atoms with Gasteiger partial charge < -0.3 is 5.11 Å². The Kier molecular flexibility index (Phi) is 5.34. The number of halogens is 1. The zero-order chi connectivity index (χ0) is 13.8. The van der Waals surface area contributed by atoms with Gasteiger partial charge in [0, 0.05) is 4.47 Å². The van der Waals surface area contributed by atoms with Crippen LogP contribution in [0.2, 0.25) is 0 Å². The first-order chi connectivity index (χ1) is 8.41. The third-order valence-electron chi connectivity index (χ3n) is 2.61. The normalized spacial score (nSPS) is 13.2. The molecule has 4 nitrogen and oxygen atoms in total. The quantitative estimate of drug-likeness (QED) is 0.868. The van der Waals surface area contributed by atoms with Crippen LogP contribution in [0, 0.1) is 0 Å². The molecule has 0 saturated carbocycles. The van der Waals surface area contributed by atoms with Gasteiger partial charge in [0.1, 0.15) is 0 Å². The van der Waals surface area contributed by atoms with Crippen molar-refractivity contribution < 1.29 is 18.3 Å². The standard InChI is InChI=1S/C12H15BrO4S/c1-2-3-7-11(12(14)15)18(16,17)10-8-5-4-6-9(10)13/h4-6,8,11H,2-3,7H2,1H3,(H,14,15). The van der Waals surface area contributed by atoms with Gasteiger partial charge >= 0.3 is 5.97 Å². The number of hydrogen-bond acceptors (Lipinski definition) is 3. The fourth-order valence-electron chi connectivity index (χ4n) is 1.63. The molecule has 0 aliphatic heterocycles. The lowest BCUT2D eigenvalue weighted by Gasteiger charge is -2.14. The van der Waals surface area contributed by atoms with Crippen molar-refractivity contribution in [2.75, 3.05) is 0 Å². The Labute approximate surface area is 115 Å². The molecule has 18 heavy (non-hydrogen) atoms. The summed E-state index contributed by atoms with van der Waals surface area (Å²) in [5.74, 6) is -1.29. The van der Waals surface area contributed by atoms with Crippen LogP contribution in [0.3, 0.4) is 0 Å². The fourth-order valence-corrected chi connectivity index (χ4v) is 4.25. The van der Waals surface area contributed by atoms with Gasteiger partial charge in [0.2, 0.25) is 0 Å². The molecule has 1 aromatic rings. The third-order valence-corrected chi connectivity index (χ3v) is 5.72. The average Bonchev–Trinajstić information content (AvgIpc) is 2.29. The molecular formula is C12H15BrO4S. The molecule has 1 aromatic carbocycles. The molecular weight excluding hydrogens is 320 g/mol. The molecule has 0 aliphatic carbocycles. The van der Waals surface area contributed by atoms with Crippen molar-refractivity contribution >= 4 is 31.7 Å². The van der Waals surface area contributed by atoms with E-state index >= 15 is 0 Å². The zero-order valence-corrected chi connectivity index (χ0v) is 12.4. The number of aliphatic carboxylic acids is 1. The minimum absolute atomic E-state index is 0.0357. The van der Waals surface area contributed by atoms with Crippen molar-refractivity contribution in [3.8, 4) is 0 Å². The lowest BCUT2D eigenvalue weighted by atomic mass is 10.2. The van der Waals surface area contributed by atoms with Crippen molar-refractivity contribution in [1.29, 1.82) is 0 Å². The van der Waals surface area contributed by atoms with Gasteiger partial charge in [0.25, 0.3) is 0 Å². The van der Waals surface area contributed by atoms with Gasteiger partial charge in [-0.1, -0.05) is 31.9 Å². The summed E-state index contributed by atoms with van der Waals surface area (Å²) >= 11 is 3.15. The summed E-state index contributed by atoms with van der Waals surface area (Å²) in [4.78, 5) is 11.2. The van der Waals surface area contributed by atoms with Crippen LogP contribution in [-0.2, 0) is 14.6 Å². The van der Waals surface area contributed by atoms with E-state index in [1.165, 1.54) is 6.07 Å². The monoisotopic (exact) mass is 334 g/mol. The van der Waals surface area contributed by atoms with E-state index < -0.39 is 21.1 Å². The van der Waals surface area contributed by atoms with E-state index in [4.69, 9.17) is 5.11 Å². The predicted octanol–water partition coefficient (Wildman–Crippen LogP) is 2.87. The van der Waals surface area contributed by atoms with Crippen LogP contribution < -0.4 is 0 Å². The molecule has 0 radical (unpaired) electrons. The number of unbranched alkanes of at least 4 members (excludes halogenated alkanes) is 1. The van der Waals surface area contributed by atoms with E-state index in [0.29, 0.717) is 10.9 Å². The summed E-state index contributed by atoms with van der Waals surface area (Å²) < 4.78 is 25.0. The minimum Gasteiger partial charge on any atom is -0.480 e. The highest BCUT2D eigenvalue weighted by Gasteiger charge is 2.34.